The van der Waals surface area contributed by atoms with Crippen molar-refractivity contribution in [3.63, 3.8) is 0 Å². The van der Waals surface area contributed by atoms with Gasteiger partial charge in [0.1, 0.15) is 5.82 Å². The van der Waals surface area contributed by atoms with Crippen molar-refractivity contribution in [3.8, 4) is 0 Å². The fourth-order valence-corrected chi connectivity index (χ4v) is 2.60. The highest BCUT2D eigenvalue weighted by Crippen LogP contribution is 2.19. The van der Waals surface area contributed by atoms with Crippen LogP contribution in [0.5, 0.6) is 0 Å². The first-order valence-electron chi connectivity index (χ1n) is 7.85. The van der Waals surface area contributed by atoms with Crippen molar-refractivity contribution in [1.82, 2.24) is 10.2 Å². The van der Waals surface area contributed by atoms with Gasteiger partial charge in [-0.1, -0.05) is 32.9 Å². The van der Waals surface area contributed by atoms with Crippen LogP contribution < -0.4 is 5.32 Å². The molecule has 0 amide bonds. The van der Waals surface area contributed by atoms with Gasteiger partial charge >= 0.3 is 0 Å². The zero-order valence-electron chi connectivity index (χ0n) is 13.3. The minimum absolute atomic E-state index is 0.153. The lowest BCUT2D eigenvalue weighted by Gasteiger charge is -2.29. The Balaban J connectivity index is 2.67. The molecular weight excluding hydrogens is 251 g/mol. The third kappa shape index (κ3) is 5.22. The van der Waals surface area contributed by atoms with Crippen molar-refractivity contribution in [2.75, 3.05) is 19.6 Å². The largest absolute Gasteiger partial charge is 0.310 e. The Labute approximate surface area is 123 Å². The minimum atomic E-state index is -0.153. The second-order valence-electron chi connectivity index (χ2n) is 5.34. The highest BCUT2D eigenvalue weighted by molar-refractivity contribution is 5.20. The Bertz CT molecular complexity index is 381. The maximum absolute atomic E-state index is 13.4. The van der Waals surface area contributed by atoms with E-state index in [2.05, 4.69) is 37.9 Å². The predicted octanol–water partition coefficient (Wildman–Crippen LogP) is 3.99. The summed E-state index contributed by atoms with van der Waals surface area (Å²) < 4.78 is 13.4. The Morgan fingerprint density at radius 1 is 1.25 bits per heavy atom. The van der Waals surface area contributed by atoms with E-state index in [-0.39, 0.29) is 11.9 Å². The van der Waals surface area contributed by atoms with E-state index in [1.54, 1.807) is 12.1 Å². The van der Waals surface area contributed by atoms with E-state index in [0.717, 1.165) is 31.6 Å². The Morgan fingerprint density at radius 2 is 2.00 bits per heavy atom. The average molecular weight is 280 g/mol. The highest BCUT2D eigenvalue weighted by atomic mass is 19.1. The zero-order chi connectivity index (χ0) is 15.0. The number of benzene rings is 1. The molecule has 114 valence electrons. The fourth-order valence-electron chi connectivity index (χ4n) is 2.60. The van der Waals surface area contributed by atoms with Crippen LogP contribution in [-0.2, 0) is 0 Å². The smallest absolute Gasteiger partial charge is 0.123 e. The second-order valence-corrected chi connectivity index (χ2v) is 5.34. The van der Waals surface area contributed by atoms with Crippen LogP contribution in [0.2, 0.25) is 0 Å². The SMILES string of the molecule is CCNC(CCN(CC)C(C)CC)c1cccc(F)c1. The molecule has 3 heteroatoms. The number of rotatable bonds is 9. The van der Waals surface area contributed by atoms with Crippen molar-refractivity contribution >= 4 is 0 Å². The Kier molecular flexibility index (Phi) is 7.78. The number of nitrogens with zero attached hydrogens (tertiary/aromatic N) is 1. The molecular formula is C17H29FN2. The van der Waals surface area contributed by atoms with E-state index in [9.17, 15) is 4.39 Å². The molecule has 1 aromatic rings. The lowest BCUT2D eigenvalue weighted by atomic mass is 10.0. The maximum atomic E-state index is 13.4. The first-order chi connectivity index (χ1) is 9.62. The van der Waals surface area contributed by atoms with Gasteiger partial charge in [-0.2, -0.15) is 0 Å². The summed E-state index contributed by atoms with van der Waals surface area (Å²) >= 11 is 0. The van der Waals surface area contributed by atoms with E-state index in [1.165, 1.54) is 12.5 Å². The summed E-state index contributed by atoms with van der Waals surface area (Å²) in [6.07, 6.45) is 2.18. The molecule has 0 fully saturated rings. The van der Waals surface area contributed by atoms with E-state index in [0.29, 0.717) is 6.04 Å². The predicted molar refractivity (Wildman–Crippen MR) is 84.4 cm³/mol. The Hall–Kier alpha value is -0.930. The summed E-state index contributed by atoms with van der Waals surface area (Å²) in [6.45, 7) is 11.8. The average Bonchev–Trinajstić information content (AvgIpc) is 2.46. The van der Waals surface area contributed by atoms with Gasteiger partial charge in [0.05, 0.1) is 0 Å². The van der Waals surface area contributed by atoms with Crippen LogP contribution in [0.15, 0.2) is 24.3 Å². The van der Waals surface area contributed by atoms with E-state index in [4.69, 9.17) is 0 Å². The van der Waals surface area contributed by atoms with Crippen molar-refractivity contribution in [1.29, 1.82) is 0 Å². The summed E-state index contributed by atoms with van der Waals surface area (Å²) in [5, 5.41) is 3.47. The number of halogens is 1. The zero-order valence-corrected chi connectivity index (χ0v) is 13.3. The first-order valence-corrected chi connectivity index (χ1v) is 7.85. The summed E-state index contributed by atoms with van der Waals surface area (Å²) in [6, 6.07) is 7.79. The van der Waals surface area contributed by atoms with Crippen LogP contribution in [0.1, 0.15) is 52.1 Å². The van der Waals surface area contributed by atoms with Gasteiger partial charge in [0.2, 0.25) is 0 Å². The summed E-state index contributed by atoms with van der Waals surface area (Å²) in [5.74, 6) is -0.153. The van der Waals surface area contributed by atoms with E-state index in [1.807, 2.05) is 6.07 Å². The molecule has 0 spiro atoms. The van der Waals surface area contributed by atoms with E-state index >= 15 is 0 Å². The van der Waals surface area contributed by atoms with Gasteiger partial charge in [0.15, 0.2) is 0 Å². The van der Waals surface area contributed by atoms with Crippen LogP contribution >= 0.6 is 0 Å². The monoisotopic (exact) mass is 280 g/mol. The molecule has 0 aliphatic heterocycles. The first kappa shape index (κ1) is 17.1. The molecule has 0 bridgehead atoms. The minimum Gasteiger partial charge on any atom is -0.310 e. The molecule has 1 rings (SSSR count). The normalized spacial score (nSPS) is 14.5. The molecule has 0 aromatic heterocycles. The third-order valence-corrected chi connectivity index (χ3v) is 4.03. The van der Waals surface area contributed by atoms with Gasteiger partial charge in [-0.3, -0.25) is 0 Å². The molecule has 0 aliphatic rings. The summed E-state index contributed by atoms with van der Waals surface area (Å²) in [5.41, 5.74) is 1.05. The maximum Gasteiger partial charge on any atom is 0.123 e. The van der Waals surface area contributed by atoms with Crippen LogP contribution in [0, 0.1) is 5.82 Å². The molecule has 0 radical (unpaired) electrons. The van der Waals surface area contributed by atoms with Gasteiger partial charge < -0.3 is 10.2 Å². The van der Waals surface area contributed by atoms with Crippen molar-refractivity contribution < 1.29 is 4.39 Å². The van der Waals surface area contributed by atoms with E-state index < -0.39 is 0 Å². The Morgan fingerprint density at radius 3 is 2.55 bits per heavy atom. The quantitative estimate of drug-likeness (QED) is 0.736. The number of hydrogen-bond donors (Lipinski definition) is 1. The number of nitrogens with one attached hydrogen (secondary N) is 1. The third-order valence-electron chi connectivity index (χ3n) is 4.03. The molecule has 2 nitrogen and oxygen atoms in total. The molecule has 1 N–H and O–H groups in total. The molecule has 2 atom stereocenters. The summed E-state index contributed by atoms with van der Waals surface area (Å²) in [7, 11) is 0. The highest BCUT2D eigenvalue weighted by Gasteiger charge is 2.15. The molecule has 20 heavy (non-hydrogen) atoms. The van der Waals surface area contributed by atoms with Crippen molar-refractivity contribution in [3.05, 3.63) is 35.6 Å². The standard InChI is InChI=1S/C17H29FN2/c1-5-14(4)20(7-3)12-11-17(19-6-2)15-9-8-10-16(18)13-15/h8-10,13-14,17,19H,5-7,11-12H2,1-4H3. The molecule has 0 aliphatic carbocycles. The van der Waals surface area contributed by atoms with Gasteiger partial charge in [-0.15, -0.1) is 0 Å². The van der Waals surface area contributed by atoms with Crippen LogP contribution in [0.25, 0.3) is 0 Å². The molecule has 1 aromatic carbocycles. The van der Waals surface area contributed by atoms with Gasteiger partial charge in [0, 0.05) is 18.6 Å². The van der Waals surface area contributed by atoms with Gasteiger partial charge in [-0.25, -0.2) is 4.39 Å². The topological polar surface area (TPSA) is 15.3 Å². The van der Waals surface area contributed by atoms with Crippen molar-refractivity contribution in [2.45, 2.75) is 52.6 Å². The van der Waals surface area contributed by atoms with Gasteiger partial charge in [-0.05, 0) is 50.6 Å². The lowest BCUT2D eigenvalue weighted by molar-refractivity contribution is 0.203. The van der Waals surface area contributed by atoms with Crippen LogP contribution in [0.3, 0.4) is 0 Å². The van der Waals surface area contributed by atoms with Gasteiger partial charge in [0.25, 0.3) is 0 Å². The molecule has 2 unspecified atom stereocenters. The summed E-state index contributed by atoms with van der Waals surface area (Å²) in [4.78, 5) is 2.49. The van der Waals surface area contributed by atoms with Crippen LogP contribution in [-0.4, -0.2) is 30.6 Å². The van der Waals surface area contributed by atoms with Crippen molar-refractivity contribution in [2.24, 2.45) is 0 Å². The molecule has 0 heterocycles. The molecule has 0 saturated heterocycles. The second kappa shape index (κ2) is 9.09. The molecule has 0 saturated carbocycles. The lowest BCUT2D eigenvalue weighted by Crippen LogP contribution is -2.35. The fraction of sp³-hybridized carbons (Fsp3) is 0.647. The van der Waals surface area contributed by atoms with Crippen LogP contribution in [0.4, 0.5) is 4.39 Å². The number of hydrogen-bond acceptors (Lipinski definition) is 2.